The molecule has 0 aliphatic heterocycles. The van der Waals surface area contributed by atoms with E-state index in [0.29, 0.717) is 6.04 Å². The smallest absolute Gasteiger partial charge is 0.0221 e. The molecule has 1 saturated carbocycles. The number of likely N-dealkylation sites (N-methyl/N-ethyl adjacent to an activating group) is 1. The molecule has 2 nitrogen and oxygen atoms in total. The van der Waals surface area contributed by atoms with Gasteiger partial charge in [-0.15, -0.1) is 0 Å². The zero-order chi connectivity index (χ0) is 11.1. The lowest BCUT2D eigenvalue weighted by Crippen LogP contribution is -2.47. The number of rotatable bonds is 6. The van der Waals surface area contributed by atoms with Gasteiger partial charge in [0.25, 0.3) is 0 Å². The molecule has 0 saturated heterocycles. The SMILES string of the molecule is CCCC(CN)N(CC)C1CCCCC1. The van der Waals surface area contributed by atoms with Gasteiger partial charge in [-0.05, 0) is 25.8 Å². The van der Waals surface area contributed by atoms with Gasteiger partial charge in [0, 0.05) is 18.6 Å². The number of hydrogen-bond acceptors (Lipinski definition) is 2. The zero-order valence-corrected chi connectivity index (χ0v) is 10.5. The fraction of sp³-hybridized carbons (Fsp3) is 1.00. The molecule has 1 unspecified atom stereocenters. The highest BCUT2D eigenvalue weighted by Crippen LogP contribution is 2.24. The van der Waals surface area contributed by atoms with E-state index in [-0.39, 0.29) is 0 Å². The van der Waals surface area contributed by atoms with E-state index in [1.165, 1.54) is 51.5 Å². The lowest BCUT2D eigenvalue weighted by atomic mass is 9.92. The molecule has 1 rings (SSSR count). The van der Waals surface area contributed by atoms with E-state index in [1.807, 2.05) is 0 Å². The molecule has 0 amide bonds. The summed E-state index contributed by atoms with van der Waals surface area (Å²) in [5.41, 5.74) is 5.90. The summed E-state index contributed by atoms with van der Waals surface area (Å²) in [5, 5.41) is 0. The monoisotopic (exact) mass is 212 g/mol. The minimum absolute atomic E-state index is 0.628. The fourth-order valence-corrected chi connectivity index (χ4v) is 2.98. The van der Waals surface area contributed by atoms with Gasteiger partial charge in [-0.3, -0.25) is 4.90 Å². The van der Waals surface area contributed by atoms with Gasteiger partial charge in [-0.1, -0.05) is 39.5 Å². The molecular formula is C13H28N2. The first-order valence-electron chi connectivity index (χ1n) is 6.79. The average Bonchev–Trinajstić information content (AvgIpc) is 2.30. The Morgan fingerprint density at radius 1 is 1.20 bits per heavy atom. The Kier molecular flexibility index (Phi) is 6.26. The first kappa shape index (κ1) is 13.0. The van der Waals surface area contributed by atoms with Crippen LogP contribution < -0.4 is 5.73 Å². The van der Waals surface area contributed by atoms with Crippen molar-refractivity contribution >= 4 is 0 Å². The normalized spacial score (nSPS) is 20.8. The maximum absolute atomic E-state index is 5.90. The van der Waals surface area contributed by atoms with Crippen molar-refractivity contribution in [3.63, 3.8) is 0 Å². The van der Waals surface area contributed by atoms with Gasteiger partial charge in [-0.2, -0.15) is 0 Å². The molecule has 1 aliphatic carbocycles. The summed E-state index contributed by atoms with van der Waals surface area (Å²) in [5.74, 6) is 0. The predicted octanol–water partition coefficient (Wildman–Crippen LogP) is 2.77. The molecule has 0 spiro atoms. The molecular weight excluding hydrogens is 184 g/mol. The molecule has 0 radical (unpaired) electrons. The van der Waals surface area contributed by atoms with E-state index in [9.17, 15) is 0 Å². The van der Waals surface area contributed by atoms with Crippen LogP contribution in [0.2, 0.25) is 0 Å². The van der Waals surface area contributed by atoms with Crippen LogP contribution in [0, 0.1) is 0 Å². The summed E-state index contributed by atoms with van der Waals surface area (Å²) in [6, 6.07) is 1.45. The first-order chi connectivity index (χ1) is 7.33. The fourth-order valence-electron chi connectivity index (χ4n) is 2.98. The molecule has 0 aromatic heterocycles. The molecule has 90 valence electrons. The van der Waals surface area contributed by atoms with Gasteiger partial charge in [0.1, 0.15) is 0 Å². The highest BCUT2D eigenvalue weighted by molar-refractivity contribution is 4.81. The van der Waals surface area contributed by atoms with E-state index < -0.39 is 0 Å². The largest absolute Gasteiger partial charge is 0.329 e. The third-order valence-corrected chi connectivity index (χ3v) is 3.77. The molecule has 0 heterocycles. The van der Waals surface area contributed by atoms with Crippen molar-refractivity contribution in [3.05, 3.63) is 0 Å². The summed E-state index contributed by atoms with van der Waals surface area (Å²) in [6.07, 6.45) is 9.60. The van der Waals surface area contributed by atoms with Crippen LogP contribution >= 0.6 is 0 Å². The summed E-state index contributed by atoms with van der Waals surface area (Å²) in [4.78, 5) is 2.67. The molecule has 1 atom stereocenters. The molecule has 1 aliphatic rings. The van der Waals surface area contributed by atoms with E-state index >= 15 is 0 Å². The van der Waals surface area contributed by atoms with Crippen LogP contribution in [-0.4, -0.2) is 30.1 Å². The summed E-state index contributed by atoms with van der Waals surface area (Å²) in [6.45, 7) is 6.55. The molecule has 1 fully saturated rings. The van der Waals surface area contributed by atoms with Crippen molar-refractivity contribution in [2.24, 2.45) is 5.73 Å². The van der Waals surface area contributed by atoms with Gasteiger partial charge < -0.3 is 5.73 Å². The topological polar surface area (TPSA) is 29.3 Å². The summed E-state index contributed by atoms with van der Waals surface area (Å²) < 4.78 is 0. The van der Waals surface area contributed by atoms with E-state index in [1.54, 1.807) is 0 Å². The molecule has 0 bridgehead atoms. The highest BCUT2D eigenvalue weighted by atomic mass is 15.2. The van der Waals surface area contributed by atoms with Crippen LogP contribution in [0.25, 0.3) is 0 Å². The van der Waals surface area contributed by atoms with Crippen LogP contribution in [0.1, 0.15) is 58.8 Å². The quantitative estimate of drug-likeness (QED) is 0.733. The standard InChI is InChI=1S/C13H28N2/c1-3-8-13(11-14)15(4-2)12-9-6-5-7-10-12/h12-13H,3-11,14H2,1-2H3. The van der Waals surface area contributed by atoms with Gasteiger partial charge >= 0.3 is 0 Å². The Morgan fingerprint density at radius 2 is 1.87 bits per heavy atom. The number of nitrogens with zero attached hydrogens (tertiary/aromatic N) is 1. The van der Waals surface area contributed by atoms with Crippen LogP contribution in [0.15, 0.2) is 0 Å². The van der Waals surface area contributed by atoms with Gasteiger partial charge in [-0.25, -0.2) is 0 Å². The number of nitrogens with two attached hydrogens (primary N) is 1. The van der Waals surface area contributed by atoms with Crippen molar-refractivity contribution < 1.29 is 0 Å². The van der Waals surface area contributed by atoms with Crippen molar-refractivity contribution in [1.29, 1.82) is 0 Å². The molecule has 2 N–H and O–H groups in total. The van der Waals surface area contributed by atoms with Crippen LogP contribution in [-0.2, 0) is 0 Å². The minimum atomic E-state index is 0.628. The Balaban J connectivity index is 2.50. The van der Waals surface area contributed by atoms with Gasteiger partial charge in [0.2, 0.25) is 0 Å². The molecule has 15 heavy (non-hydrogen) atoms. The third-order valence-electron chi connectivity index (χ3n) is 3.77. The lowest BCUT2D eigenvalue weighted by molar-refractivity contribution is 0.108. The highest BCUT2D eigenvalue weighted by Gasteiger charge is 2.24. The Labute approximate surface area is 95.2 Å². The maximum Gasteiger partial charge on any atom is 0.0221 e. The maximum atomic E-state index is 5.90. The summed E-state index contributed by atoms with van der Waals surface area (Å²) >= 11 is 0. The third kappa shape index (κ3) is 3.76. The Bertz CT molecular complexity index is 148. The van der Waals surface area contributed by atoms with Crippen molar-refractivity contribution in [2.75, 3.05) is 13.1 Å². The zero-order valence-electron chi connectivity index (χ0n) is 10.5. The summed E-state index contributed by atoms with van der Waals surface area (Å²) in [7, 11) is 0. The van der Waals surface area contributed by atoms with Gasteiger partial charge in [0.15, 0.2) is 0 Å². The Morgan fingerprint density at radius 3 is 2.33 bits per heavy atom. The minimum Gasteiger partial charge on any atom is -0.329 e. The van der Waals surface area contributed by atoms with Crippen LogP contribution in [0.3, 0.4) is 0 Å². The van der Waals surface area contributed by atoms with Crippen LogP contribution in [0.4, 0.5) is 0 Å². The van der Waals surface area contributed by atoms with E-state index in [2.05, 4.69) is 18.7 Å². The average molecular weight is 212 g/mol. The van der Waals surface area contributed by atoms with E-state index in [4.69, 9.17) is 5.73 Å². The number of hydrogen-bond donors (Lipinski definition) is 1. The second-order valence-electron chi connectivity index (χ2n) is 4.80. The van der Waals surface area contributed by atoms with Crippen molar-refractivity contribution in [2.45, 2.75) is 70.9 Å². The van der Waals surface area contributed by atoms with Gasteiger partial charge in [0.05, 0.1) is 0 Å². The van der Waals surface area contributed by atoms with Crippen molar-refractivity contribution in [1.82, 2.24) is 4.90 Å². The first-order valence-corrected chi connectivity index (χ1v) is 6.79. The molecule has 0 aromatic rings. The second-order valence-corrected chi connectivity index (χ2v) is 4.80. The van der Waals surface area contributed by atoms with Crippen LogP contribution in [0.5, 0.6) is 0 Å². The Hall–Kier alpha value is -0.0800. The second kappa shape index (κ2) is 7.24. The van der Waals surface area contributed by atoms with Crippen molar-refractivity contribution in [3.8, 4) is 0 Å². The predicted molar refractivity (Wildman–Crippen MR) is 67.0 cm³/mol. The lowest BCUT2D eigenvalue weighted by Gasteiger charge is -2.39. The molecule has 2 heteroatoms. The molecule has 0 aromatic carbocycles. The van der Waals surface area contributed by atoms with E-state index in [0.717, 1.165) is 12.6 Å².